The van der Waals surface area contributed by atoms with Crippen LogP contribution in [-0.4, -0.2) is 35.2 Å². The summed E-state index contributed by atoms with van der Waals surface area (Å²) in [6, 6.07) is 10.4. The Labute approximate surface area is 130 Å². The third-order valence-corrected chi connectivity index (χ3v) is 3.49. The monoisotopic (exact) mass is 303 g/mol. The largest absolute Gasteiger partial charge is 0.366 e. The van der Waals surface area contributed by atoms with Crippen LogP contribution in [0.3, 0.4) is 0 Å². The van der Waals surface area contributed by atoms with Crippen LogP contribution in [0.2, 0.25) is 0 Å². The lowest BCUT2D eigenvalue weighted by molar-refractivity contribution is 0.658. The van der Waals surface area contributed by atoms with E-state index in [0.29, 0.717) is 5.11 Å². The maximum atomic E-state index is 5.01. The van der Waals surface area contributed by atoms with Gasteiger partial charge < -0.3 is 20.9 Å². The second-order valence-corrected chi connectivity index (χ2v) is 5.08. The molecule has 1 aromatic carbocycles. The number of benzene rings is 1. The summed E-state index contributed by atoms with van der Waals surface area (Å²) in [5.74, 6) is 0. The maximum Gasteiger partial charge on any atom is 0.166 e. The van der Waals surface area contributed by atoms with Crippen molar-refractivity contribution < 1.29 is 0 Å². The Morgan fingerprint density at radius 2 is 2.05 bits per heavy atom. The molecule has 0 fully saturated rings. The van der Waals surface area contributed by atoms with E-state index in [9.17, 15) is 0 Å². The number of aromatic nitrogens is 2. The Morgan fingerprint density at radius 1 is 1.24 bits per heavy atom. The average molecular weight is 303 g/mol. The number of hydrogen-bond acceptors (Lipinski definition) is 3. The number of nitrogens with one attached hydrogen (secondary N) is 4. The number of nitrogens with zero attached hydrogens (tertiary/aromatic N) is 1. The molecule has 0 unspecified atom stereocenters. The van der Waals surface area contributed by atoms with Gasteiger partial charge in [0.2, 0.25) is 0 Å². The molecule has 0 aliphatic carbocycles. The fourth-order valence-electron chi connectivity index (χ4n) is 2.01. The first-order chi connectivity index (χ1) is 10.3. The first kappa shape index (κ1) is 15.5. The number of rotatable bonds is 7. The van der Waals surface area contributed by atoms with Gasteiger partial charge in [-0.15, -0.1) is 0 Å². The van der Waals surface area contributed by atoms with E-state index in [1.165, 1.54) is 5.56 Å². The van der Waals surface area contributed by atoms with E-state index in [1.807, 2.05) is 13.1 Å². The van der Waals surface area contributed by atoms with Gasteiger partial charge >= 0.3 is 0 Å². The van der Waals surface area contributed by atoms with Gasteiger partial charge in [0.25, 0.3) is 0 Å². The molecule has 0 saturated heterocycles. The third-order valence-electron chi connectivity index (χ3n) is 3.14. The third kappa shape index (κ3) is 5.17. The van der Waals surface area contributed by atoms with E-state index < -0.39 is 0 Å². The highest BCUT2D eigenvalue weighted by Crippen LogP contribution is 2.10. The Morgan fingerprint density at radius 3 is 2.81 bits per heavy atom. The van der Waals surface area contributed by atoms with Crippen LogP contribution in [0.1, 0.15) is 17.0 Å². The van der Waals surface area contributed by atoms with Crippen LogP contribution in [0.5, 0.6) is 0 Å². The van der Waals surface area contributed by atoms with E-state index in [-0.39, 0.29) is 0 Å². The molecule has 21 heavy (non-hydrogen) atoms. The van der Waals surface area contributed by atoms with Gasteiger partial charge in [0, 0.05) is 38.8 Å². The van der Waals surface area contributed by atoms with Crippen molar-refractivity contribution in [2.45, 2.75) is 13.0 Å². The average Bonchev–Trinajstić information content (AvgIpc) is 2.95. The predicted molar refractivity (Wildman–Crippen MR) is 89.2 cm³/mol. The van der Waals surface area contributed by atoms with Crippen molar-refractivity contribution in [3.05, 3.63) is 53.6 Å². The summed E-state index contributed by atoms with van der Waals surface area (Å²) in [4.78, 5) is 7.61. The first-order valence-corrected chi connectivity index (χ1v) is 7.41. The standard InChI is InChI=1S/C15H21N5S/c1-16-15(21)18-8-7-17-10-14-13(19-11-20-14)9-12-5-3-2-4-6-12/h2-6,11,17H,7-10H2,1H3,(H,19,20)(H2,16,18,21). The van der Waals surface area contributed by atoms with Crippen molar-refractivity contribution in [2.24, 2.45) is 0 Å². The Hall–Kier alpha value is -1.92. The predicted octanol–water partition coefficient (Wildman–Crippen LogP) is 1.18. The van der Waals surface area contributed by atoms with Gasteiger partial charge in [-0.2, -0.15) is 0 Å². The van der Waals surface area contributed by atoms with Crippen LogP contribution >= 0.6 is 12.2 Å². The van der Waals surface area contributed by atoms with E-state index in [4.69, 9.17) is 12.2 Å². The molecule has 1 aromatic heterocycles. The Kier molecular flexibility index (Phi) is 6.18. The molecule has 5 nitrogen and oxygen atoms in total. The van der Waals surface area contributed by atoms with Crippen LogP contribution in [0, 0.1) is 0 Å². The Balaban J connectivity index is 1.77. The lowest BCUT2D eigenvalue weighted by atomic mass is 10.1. The quantitative estimate of drug-likeness (QED) is 0.457. The molecule has 4 N–H and O–H groups in total. The molecular formula is C15H21N5S. The summed E-state index contributed by atoms with van der Waals surface area (Å²) < 4.78 is 0. The molecule has 0 aliphatic heterocycles. The molecule has 0 bridgehead atoms. The lowest BCUT2D eigenvalue weighted by Crippen LogP contribution is -2.37. The van der Waals surface area contributed by atoms with Gasteiger partial charge in [-0.25, -0.2) is 4.98 Å². The first-order valence-electron chi connectivity index (χ1n) is 7.01. The highest BCUT2D eigenvalue weighted by molar-refractivity contribution is 7.80. The van der Waals surface area contributed by atoms with Crippen molar-refractivity contribution in [2.75, 3.05) is 20.1 Å². The van der Waals surface area contributed by atoms with Gasteiger partial charge in [0.1, 0.15) is 0 Å². The van der Waals surface area contributed by atoms with Gasteiger partial charge in [-0.05, 0) is 17.8 Å². The van der Waals surface area contributed by atoms with Crippen LogP contribution in [0.4, 0.5) is 0 Å². The fourth-order valence-corrected chi connectivity index (χ4v) is 2.12. The second-order valence-electron chi connectivity index (χ2n) is 4.67. The summed E-state index contributed by atoms with van der Waals surface area (Å²) in [7, 11) is 1.81. The number of hydrogen-bond donors (Lipinski definition) is 4. The van der Waals surface area contributed by atoms with Gasteiger partial charge in [-0.1, -0.05) is 30.3 Å². The van der Waals surface area contributed by atoms with Crippen molar-refractivity contribution in [3.8, 4) is 0 Å². The van der Waals surface area contributed by atoms with Crippen molar-refractivity contribution in [1.29, 1.82) is 0 Å². The minimum absolute atomic E-state index is 0.668. The van der Waals surface area contributed by atoms with Crippen molar-refractivity contribution >= 4 is 17.3 Å². The smallest absolute Gasteiger partial charge is 0.166 e. The van der Waals surface area contributed by atoms with Crippen molar-refractivity contribution in [3.63, 3.8) is 0 Å². The molecule has 1 heterocycles. The van der Waals surface area contributed by atoms with Crippen molar-refractivity contribution in [1.82, 2.24) is 25.9 Å². The number of thiocarbonyl (C=S) groups is 1. The molecular weight excluding hydrogens is 282 g/mol. The molecule has 0 aliphatic rings. The molecule has 0 spiro atoms. The summed E-state index contributed by atoms with van der Waals surface area (Å²) in [6.07, 6.45) is 2.63. The molecule has 0 saturated carbocycles. The van der Waals surface area contributed by atoms with Crippen LogP contribution < -0.4 is 16.0 Å². The topological polar surface area (TPSA) is 64.8 Å². The summed E-state index contributed by atoms with van der Waals surface area (Å²) in [6.45, 7) is 2.37. The molecule has 0 atom stereocenters. The molecule has 2 aromatic rings. The summed E-state index contributed by atoms with van der Waals surface area (Å²) in [5, 5.41) is 10.0. The van der Waals surface area contributed by atoms with Crippen LogP contribution in [0.25, 0.3) is 0 Å². The van der Waals surface area contributed by atoms with Crippen LogP contribution in [0.15, 0.2) is 36.7 Å². The number of imidazole rings is 1. The minimum Gasteiger partial charge on any atom is -0.366 e. The highest BCUT2D eigenvalue weighted by atomic mass is 32.1. The zero-order chi connectivity index (χ0) is 14.9. The summed E-state index contributed by atoms with van der Waals surface area (Å²) in [5.41, 5.74) is 3.51. The maximum absolute atomic E-state index is 5.01. The van der Waals surface area contributed by atoms with E-state index in [2.05, 4.69) is 50.2 Å². The normalized spacial score (nSPS) is 10.3. The number of aromatic amines is 1. The van der Waals surface area contributed by atoms with Gasteiger partial charge in [-0.3, -0.25) is 0 Å². The fraction of sp³-hybridized carbons (Fsp3) is 0.333. The van der Waals surface area contributed by atoms with Gasteiger partial charge in [0.15, 0.2) is 5.11 Å². The zero-order valence-corrected chi connectivity index (χ0v) is 13.0. The summed E-state index contributed by atoms with van der Waals surface area (Å²) >= 11 is 5.01. The SMILES string of the molecule is CNC(=S)NCCNCc1nc[nH]c1Cc1ccccc1. The van der Waals surface area contributed by atoms with E-state index >= 15 is 0 Å². The molecule has 6 heteroatoms. The van der Waals surface area contributed by atoms with E-state index in [1.54, 1.807) is 6.33 Å². The molecule has 112 valence electrons. The molecule has 0 radical (unpaired) electrons. The van der Waals surface area contributed by atoms with Crippen LogP contribution in [-0.2, 0) is 13.0 Å². The number of H-pyrrole nitrogens is 1. The molecule has 0 amide bonds. The van der Waals surface area contributed by atoms with E-state index in [0.717, 1.165) is 37.4 Å². The zero-order valence-electron chi connectivity index (χ0n) is 12.1. The molecule has 2 rings (SSSR count). The second kappa shape index (κ2) is 8.39. The lowest BCUT2D eigenvalue weighted by Gasteiger charge is -2.08. The highest BCUT2D eigenvalue weighted by Gasteiger charge is 2.06. The van der Waals surface area contributed by atoms with Gasteiger partial charge in [0.05, 0.1) is 12.0 Å². The Bertz CT molecular complexity index is 552. The minimum atomic E-state index is 0.668.